The predicted octanol–water partition coefficient (Wildman–Crippen LogP) is 3.26. The van der Waals surface area contributed by atoms with Crippen LogP contribution in [-0.4, -0.2) is 44.7 Å². The van der Waals surface area contributed by atoms with Crippen molar-refractivity contribution in [2.24, 2.45) is 0 Å². The number of pyridine rings is 1. The van der Waals surface area contributed by atoms with Crippen LogP contribution in [0.15, 0.2) is 48.5 Å². The number of carbonyl (C=O) groups is 1. The average Bonchev–Trinajstić information content (AvgIpc) is 2.75. The zero-order chi connectivity index (χ0) is 20.1. The second kappa shape index (κ2) is 8.71. The van der Waals surface area contributed by atoms with E-state index in [1.54, 1.807) is 14.2 Å². The Morgan fingerprint density at radius 2 is 1.82 bits per heavy atom. The molecule has 1 atom stereocenters. The van der Waals surface area contributed by atoms with Crippen molar-refractivity contribution in [1.82, 2.24) is 15.6 Å². The molecule has 1 aromatic heterocycles. The van der Waals surface area contributed by atoms with E-state index in [-0.39, 0.29) is 11.9 Å². The van der Waals surface area contributed by atoms with E-state index < -0.39 is 0 Å². The van der Waals surface area contributed by atoms with Crippen LogP contribution in [0.1, 0.15) is 17.3 Å². The third-order valence-corrected chi connectivity index (χ3v) is 4.70. The summed E-state index contributed by atoms with van der Waals surface area (Å²) in [4.78, 5) is 17.6. The Bertz CT molecular complexity index is 988. The largest absolute Gasteiger partial charge is 0.493 e. The number of aromatic nitrogens is 1. The lowest BCUT2D eigenvalue weighted by Gasteiger charge is -2.14. The monoisotopic (exact) mass is 379 g/mol. The van der Waals surface area contributed by atoms with E-state index in [1.807, 2.05) is 62.5 Å². The molecule has 1 unspecified atom stereocenters. The zero-order valence-corrected chi connectivity index (χ0v) is 16.6. The molecular formula is C22H25N3O3. The van der Waals surface area contributed by atoms with E-state index in [4.69, 9.17) is 14.5 Å². The van der Waals surface area contributed by atoms with Gasteiger partial charge in [-0.3, -0.25) is 4.79 Å². The summed E-state index contributed by atoms with van der Waals surface area (Å²) in [5.41, 5.74) is 2.91. The Morgan fingerprint density at radius 1 is 1.07 bits per heavy atom. The molecule has 2 N–H and O–H groups in total. The lowest BCUT2D eigenvalue weighted by molar-refractivity contribution is 0.0952. The predicted molar refractivity (Wildman–Crippen MR) is 111 cm³/mol. The van der Waals surface area contributed by atoms with E-state index in [0.29, 0.717) is 29.3 Å². The molecule has 1 heterocycles. The molecule has 0 radical (unpaired) electrons. The number of nitrogens with one attached hydrogen (secondary N) is 2. The van der Waals surface area contributed by atoms with Crippen LogP contribution in [-0.2, 0) is 0 Å². The molecule has 0 fully saturated rings. The highest BCUT2D eigenvalue weighted by Gasteiger charge is 2.15. The van der Waals surface area contributed by atoms with Gasteiger partial charge < -0.3 is 20.1 Å². The van der Waals surface area contributed by atoms with Crippen molar-refractivity contribution in [2.45, 2.75) is 13.0 Å². The summed E-state index contributed by atoms with van der Waals surface area (Å²) in [6.07, 6.45) is 0. The number of hydrogen-bond donors (Lipinski definition) is 2. The van der Waals surface area contributed by atoms with Crippen LogP contribution in [0.4, 0.5) is 0 Å². The molecule has 2 aromatic carbocycles. The zero-order valence-electron chi connectivity index (χ0n) is 16.6. The minimum absolute atomic E-state index is 0.123. The molecule has 6 heteroatoms. The summed E-state index contributed by atoms with van der Waals surface area (Å²) in [7, 11) is 5.06. The molecule has 3 aromatic rings. The first-order valence-electron chi connectivity index (χ1n) is 9.15. The summed E-state index contributed by atoms with van der Waals surface area (Å²) in [5.74, 6) is 1.14. The van der Waals surface area contributed by atoms with Gasteiger partial charge in [0.05, 0.1) is 31.0 Å². The third-order valence-electron chi connectivity index (χ3n) is 4.70. The molecule has 0 aliphatic heterocycles. The summed E-state index contributed by atoms with van der Waals surface area (Å²) < 4.78 is 10.7. The fourth-order valence-corrected chi connectivity index (χ4v) is 2.95. The second-order valence-corrected chi connectivity index (χ2v) is 6.54. The highest BCUT2D eigenvalue weighted by molar-refractivity contribution is 6.07. The molecule has 0 saturated carbocycles. The Labute approximate surface area is 164 Å². The maximum Gasteiger partial charge on any atom is 0.252 e. The van der Waals surface area contributed by atoms with E-state index in [1.165, 1.54) is 0 Å². The highest BCUT2D eigenvalue weighted by Crippen LogP contribution is 2.33. The summed E-state index contributed by atoms with van der Waals surface area (Å²) in [6.45, 7) is 2.55. The molecule has 0 spiro atoms. The van der Waals surface area contributed by atoms with Crippen LogP contribution < -0.4 is 20.1 Å². The van der Waals surface area contributed by atoms with Crippen molar-refractivity contribution < 1.29 is 14.3 Å². The van der Waals surface area contributed by atoms with Gasteiger partial charge in [-0.1, -0.05) is 18.2 Å². The number of benzene rings is 2. The summed E-state index contributed by atoms with van der Waals surface area (Å²) in [6, 6.07) is 15.3. The standard InChI is InChI=1S/C22H25N3O3/c1-14(23-2)13-24-22(26)17-12-19(25-18-8-6-5-7-16(17)18)15-9-10-20(27-3)21(11-15)28-4/h5-12,14,23H,13H2,1-4H3,(H,24,26). The number of fused-ring (bicyclic) bond motifs is 1. The molecule has 0 saturated heterocycles. The average molecular weight is 379 g/mol. The minimum Gasteiger partial charge on any atom is -0.493 e. The number of para-hydroxylation sites is 1. The molecule has 6 nitrogen and oxygen atoms in total. The molecule has 3 rings (SSSR count). The van der Waals surface area contributed by atoms with Crippen molar-refractivity contribution in [3.05, 3.63) is 54.1 Å². The normalized spacial score (nSPS) is 11.9. The first-order valence-corrected chi connectivity index (χ1v) is 9.15. The number of hydrogen-bond acceptors (Lipinski definition) is 5. The molecule has 0 bridgehead atoms. The maximum atomic E-state index is 12.9. The van der Waals surface area contributed by atoms with Gasteiger partial charge in [0.1, 0.15) is 0 Å². The quantitative estimate of drug-likeness (QED) is 0.659. The van der Waals surface area contributed by atoms with Gasteiger partial charge in [-0.2, -0.15) is 0 Å². The van der Waals surface area contributed by atoms with Crippen molar-refractivity contribution in [3.8, 4) is 22.8 Å². The van der Waals surface area contributed by atoms with Crippen LogP contribution in [0.3, 0.4) is 0 Å². The van der Waals surface area contributed by atoms with Crippen LogP contribution in [0, 0.1) is 0 Å². The SMILES string of the molecule is CNC(C)CNC(=O)c1cc(-c2ccc(OC)c(OC)c2)nc2ccccc12. The van der Waals surface area contributed by atoms with Crippen LogP contribution in [0.2, 0.25) is 0 Å². The van der Waals surface area contributed by atoms with Gasteiger partial charge in [0.15, 0.2) is 11.5 Å². The van der Waals surface area contributed by atoms with Crippen molar-refractivity contribution in [3.63, 3.8) is 0 Å². The Hall–Kier alpha value is -3.12. The molecule has 0 aliphatic carbocycles. The maximum absolute atomic E-state index is 12.9. The van der Waals surface area contributed by atoms with Crippen LogP contribution in [0.25, 0.3) is 22.2 Å². The van der Waals surface area contributed by atoms with Gasteiger partial charge in [-0.25, -0.2) is 4.98 Å². The lowest BCUT2D eigenvalue weighted by atomic mass is 10.0. The number of rotatable bonds is 7. The summed E-state index contributed by atoms with van der Waals surface area (Å²) >= 11 is 0. The Balaban J connectivity index is 2.06. The smallest absolute Gasteiger partial charge is 0.252 e. The van der Waals surface area contributed by atoms with Gasteiger partial charge in [-0.05, 0) is 44.3 Å². The number of ether oxygens (including phenoxy) is 2. The molecule has 146 valence electrons. The van der Waals surface area contributed by atoms with Crippen LogP contribution in [0.5, 0.6) is 11.5 Å². The number of amides is 1. The molecule has 28 heavy (non-hydrogen) atoms. The van der Waals surface area contributed by atoms with Crippen molar-refractivity contribution in [1.29, 1.82) is 0 Å². The fourth-order valence-electron chi connectivity index (χ4n) is 2.95. The van der Waals surface area contributed by atoms with Gasteiger partial charge >= 0.3 is 0 Å². The topological polar surface area (TPSA) is 72.5 Å². The number of methoxy groups -OCH3 is 2. The number of likely N-dealkylation sites (N-methyl/N-ethyl adjacent to an activating group) is 1. The highest BCUT2D eigenvalue weighted by atomic mass is 16.5. The van der Waals surface area contributed by atoms with E-state index in [2.05, 4.69) is 10.6 Å². The number of nitrogens with zero attached hydrogens (tertiary/aromatic N) is 1. The molecule has 0 aliphatic rings. The molecule has 1 amide bonds. The second-order valence-electron chi connectivity index (χ2n) is 6.54. The fraction of sp³-hybridized carbons (Fsp3) is 0.273. The van der Waals surface area contributed by atoms with Gasteiger partial charge in [0.2, 0.25) is 0 Å². The first kappa shape index (κ1) is 19.6. The summed E-state index contributed by atoms with van der Waals surface area (Å²) in [5, 5.41) is 6.92. The first-order chi connectivity index (χ1) is 13.6. The lowest BCUT2D eigenvalue weighted by Crippen LogP contribution is -2.37. The van der Waals surface area contributed by atoms with Gasteiger partial charge in [0.25, 0.3) is 5.91 Å². The number of carbonyl (C=O) groups excluding carboxylic acids is 1. The van der Waals surface area contributed by atoms with Crippen LogP contribution >= 0.6 is 0 Å². The minimum atomic E-state index is -0.123. The van der Waals surface area contributed by atoms with E-state index in [9.17, 15) is 4.79 Å². The van der Waals surface area contributed by atoms with E-state index >= 15 is 0 Å². The van der Waals surface area contributed by atoms with Crippen molar-refractivity contribution in [2.75, 3.05) is 27.8 Å². The molecular weight excluding hydrogens is 354 g/mol. The Morgan fingerprint density at radius 3 is 2.54 bits per heavy atom. The Kier molecular flexibility index (Phi) is 6.11. The van der Waals surface area contributed by atoms with E-state index in [0.717, 1.165) is 16.5 Å². The van der Waals surface area contributed by atoms with Gasteiger partial charge in [-0.15, -0.1) is 0 Å². The third kappa shape index (κ3) is 4.07. The van der Waals surface area contributed by atoms with Crippen molar-refractivity contribution >= 4 is 16.8 Å². The van der Waals surface area contributed by atoms with Gasteiger partial charge in [0, 0.05) is 23.5 Å².